The zero-order valence-electron chi connectivity index (χ0n) is 10.4. The summed E-state index contributed by atoms with van der Waals surface area (Å²) >= 11 is 0. The van der Waals surface area contributed by atoms with E-state index in [0.29, 0.717) is 17.2 Å². The number of nitrogens with one attached hydrogen (secondary N) is 1. The first-order chi connectivity index (χ1) is 9.13. The number of benzene rings is 1. The van der Waals surface area contributed by atoms with E-state index >= 15 is 0 Å². The molecule has 0 spiro atoms. The van der Waals surface area contributed by atoms with E-state index in [-0.39, 0.29) is 5.56 Å². The van der Waals surface area contributed by atoms with E-state index in [1.807, 2.05) is 6.92 Å². The lowest BCUT2D eigenvalue weighted by molar-refractivity contribution is 0.151. The number of nitrogens with zero attached hydrogens (tertiary/aromatic N) is 2. The molecule has 3 N–H and O–H groups in total. The molecule has 0 unspecified atom stereocenters. The quantitative estimate of drug-likeness (QED) is 0.658. The van der Waals surface area contributed by atoms with Crippen molar-refractivity contribution in [2.75, 3.05) is 5.43 Å². The summed E-state index contributed by atoms with van der Waals surface area (Å²) in [5, 5.41) is 0. The molecule has 0 aliphatic heterocycles. The molecular formula is C13H14F2N4. The van der Waals surface area contributed by atoms with Crippen molar-refractivity contribution in [1.29, 1.82) is 0 Å². The third kappa shape index (κ3) is 3.03. The van der Waals surface area contributed by atoms with E-state index in [9.17, 15) is 8.78 Å². The van der Waals surface area contributed by atoms with E-state index in [1.165, 1.54) is 12.1 Å². The van der Waals surface area contributed by atoms with Crippen molar-refractivity contribution in [3.63, 3.8) is 0 Å². The summed E-state index contributed by atoms with van der Waals surface area (Å²) in [7, 11) is 0. The van der Waals surface area contributed by atoms with Gasteiger partial charge in [0.25, 0.3) is 6.43 Å². The number of nitrogen functional groups attached to an aromatic ring is 1. The number of hydrazine groups is 1. The highest BCUT2D eigenvalue weighted by atomic mass is 19.3. The van der Waals surface area contributed by atoms with Crippen LogP contribution in [0.1, 0.15) is 24.6 Å². The molecule has 0 aliphatic rings. The first kappa shape index (κ1) is 13.4. The van der Waals surface area contributed by atoms with Gasteiger partial charge in [-0.05, 0) is 6.42 Å². The second-order valence-corrected chi connectivity index (χ2v) is 3.99. The molecule has 0 atom stereocenters. The van der Waals surface area contributed by atoms with Crippen LogP contribution >= 0.6 is 0 Å². The Morgan fingerprint density at radius 3 is 2.42 bits per heavy atom. The molecule has 19 heavy (non-hydrogen) atoms. The van der Waals surface area contributed by atoms with Gasteiger partial charge < -0.3 is 5.43 Å². The summed E-state index contributed by atoms with van der Waals surface area (Å²) in [6, 6.07) is 7.65. The molecule has 0 saturated carbocycles. The number of alkyl halides is 2. The molecule has 2 rings (SSSR count). The summed E-state index contributed by atoms with van der Waals surface area (Å²) in [6.45, 7) is 1.96. The minimum Gasteiger partial charge on any atom is -0.308 e. The molecule has 2 aromatic rings. The Kier molecular flexibility index (Phi) is 4.01. The summed E-state index contributed by atoms with van der Waals surface area (Å²) in [6.07, 6.45) is -1.74. The smallest absolute Gasteiger partial charge is 0.263 e. The molecule has 1 aromatic heterocycles. The fraction of sp³-hybridized carbons (Fsp3) is 0.231. The van der Waals surface area contributed by atoms with E-state index in [0.717, 1.165) is 12.1 Å². The van der Waals surface area contributed by atoms with Crippen LogP contribution in [0.3, 0.4) is 0 Å². The minimum absolute atomic E-state index is 0.0208. The van der Waals surface area contributed by atoms with Gasteiger partial charge in [0.15, 0.2) is 5.82 Å². The predicted molar refractivity (Wildman–Crippen MR) is 69.6 cm³/mol. The van der Waals surface area contributed by atoms with Crippen LogP contribution in [-0.4, -0.2) is 9.97 Å². The maximum Gasteiger partial charge on any atom is 0.263 e. The highest BCUT2D eigenvalue weighted by Crippen LogP contribution is 2.23. The number of anilines is 1. The molecule has 0 radical (unpaired) electrons. The monoisotopic (exact) mass is 264 g/mol. The van der Waals surface area contributed by atoms with Crippen molar-refractivity contribution in [3.8, 4) is 11.4 Å². The molecule has 0 amide bonds. The summed E-state index contributed by atoms with van der Waals surface area (Å²) in [4.78, 5) is 8.56. The Morgan fingerprint density at radius 2 is 1.89 bits per heavy atom. The largest absolute Gasteiger partial charge is 0.308 e. The lowest BCUT2D eigenvalue weighted by Crippen LogP contribution is -2.10. The van der Waals surface area contributed by atoms with Gasteiger partial charge in [-0.3, -0.25) is 0 Å². The maximum absolute atomic E-state index is 12.5. The Labute approximate surface area is 109 Å². The highest BCUT2D eigenvalue weighted by Gasteiger charge is 2.09. The molecular weight excluding hydrogens is 250 g/mol. The summed E-state index contributed by atoms with van der Waals surface area (Å²) in [5.74, 6) is 6.31. The Morgan fingerprint density at radius 1 is 1.21 bits per heavy atom. The molecule has 0 aliphatic carbocycles. The third-order valence-electron chi connectivity index (χ3n) is 2.71. The van der Waals surface area contributed by atoms with E-state index in [1.54, 1.807) is 18.2 Å². The van der Waals surface area contributed by atoms with Crippen molar-refractivity contribution >= 4 is 5.82 Å². The van der Waals surface area contributed by atoms with Gasteiger partial charge in [-0.15, -0.1) is 0 Å². The van der Waals surface area contributed by atoms with Gasteiger partial charge in [-0.1, -0.05) is 31.2 Å². The second-order valence-electron chi connectivity index (χ2n) is 3.99. The van der Waals surface area contributed by atoms with Gasteiger partial charge in [-0.2, -0.15) is 0 Å². The summed E-state index contributed by atoms with van der Waals surface area (Å²) < 4.78 is 25.0. The van der Waals surface area contributed by atoms with Crippen LogP contribution in [0.15, 0.2) is 30.3 Å². The molecule has 100 valence electrons. The number of aryl methyl sites for hydroxylation is 1. The maximum atomic E-state index is 12.5. The molecule has 6 heteroatoms. The van der Waals surface area contributed by atoms with Gasteiger partial charge in [0.05, 0.1) is 0 Å². The van der Waals surface area contributed by atoms with Gasteiger partial charge in [0.2, 0.25) is 0 Å². The normalized spacial score (nSPS) is 10.8. The first-order valence-electron chi connectivity index (χ1n) is 5.87. The number of rotatable bonds is 4. The van der Waals surface area contributed by atoms with Crippen LogP contribution in [0.2, 0.25) is 0 Å². The Balaban J connectivity index is 2.40. The number of hydrogen-bond acceptors (Lipinski definition) is 4. The molecule has 1 aromatic carbocycles. The van der Waals surface area contributed by atoms with Crippen LogP contribution < -0.4 is 11.3 Å². The van der Waals surface area contributed by atoms with Crippen molar-refractivity contribution in [3.05, 3.63) is 41.6 Å². The van der Waals surface area contributed by atoms with E-state index in [2.05, 4.69) is 15.4 Å². The van der Waals surface area contributed by atoms with Crippen LogP contribution in [0, 0.1) is 0 Å². The van der Waals surface area contributed by atoms with Gasteiger partial charge in [0.1, 0.15) is 5.82 Å². The molecule has 1 heterocycles. The van der Waals surface area contributed by atoms with E-state index < -0.39 is 6.43 Å². The number of aromatic nitrogens is 2. The number of halogens is 2. The Bertz CT molecular complexity index is 533. The van der Waals surface area contributed by atoms with Gasteiger partial charge in [0, 0.05) is 22.9 Å². The van der Waals surface area contributed by atoms with E-state index in [4.69, 9.17) is 5.84 Å². The highest BCUT2D eigenvalue weighted by molar-refractivity contribution is 5.58. The van der Waals surface area contributed by atoms with Crippen molar-refractivity contribution in [1.82, 2.24) is 9.97 Å². The lowest BCUT2D eigenvalue weighted by Gasteiger charge is -2.07. The van der Waals surface area contributed by atoms with Crippen LogP contribution in [0.5, 0.6) is 0 Å². The van der Waals surface area contributed by atoms with Crippen LogP contribution in [0.25, 0.3) is 11.4 Å². The van der Waals surface area contributed by atoms with Gasteiger partial charge >= 0.3 is 0 Å². The zero-order chi connectivity index (χ0) is 13.8. The molecule has 0 fully saturated rings. The second kappa shape index (κ2) is 5.71. The topological polar surface area (TPSA) is 63.8 Å². The number of hydrogen-bond donors (Lipinski definition) is 2. The average molecular weight is 264 g/mol. The summed E-state index contributed by atoms with van der Waals surface area (Å²) in [5.41, 5.74) is 3.96. The lowest BCUT2D eigenvalue weighted by atomic mass is 10.1. The first-order valence-corrected chi connectivity index (χ1v) is 5.87. The van der Waals surface area contributed by atoms with Crippen molar-refractivity contribution in [2.24, 2.45) is 5.84 Å². The van der Waals surface area contributed by atoms with Crippen molar-refractivity contribution in [2.45, 2.75) is 19.8 Å². The van der Waals surface area contributed by atoms with Crippen molar-refractivity contribution < 1.29 is 8.78 Å². The Hall–Kier alpha value is -2.08. The minimum atomic E-state index is -2.47. The number of nitrogens with two attached hydrogens (primary N) is 1. The average Bonchev–Trinajstić information content (AvgIpc) is 2.46. The zero-order valence-corrected chi connectivity index (χ0v) is 10.4. The molecule has 4 nitrogen and oxygen atoms in total. The van der Waals surface area contributed by atoms with Gasteiger partial charge in [-0.25, -0.2) is 24.6 Å². The van der Waals surface area contributed by atoms with Crippen LogP contribution in [-0.2, 0) is 6.42 Å². The fourth-order valence-corrected chi connectivity index (χ4v) is 1.66. The fourth-order valence-electron chi connectivity index (χ4n) is 1.66. The standard InChI is InChI=1S/C13H14F2N4/c1-2-10-7-11(19-16)18-13(17-10)9-5-3-8(4-6-9)12(14)15/h3-7,12H,2,16H2,1H3,(H,17,18,19). The van der Waals surface area contributed by atoms with Crippen LogP contribution in [0.4, 0.5) is 14.6 Å². The predicted octanol–water partition coefficient (Wildman–Crippen LogP) is 2.93. The molecule has 0 saturated heterocycles. The third-order valence-corrected chi connectivity index (χ3v) is 2.71. The SMILES string of the molecule is CCc1cc(NN)nc(-c2ccc(C(F)F)cc2)n1. The molecule has 0 bridgehead atoms.